The molecule has 0 aliphatic heterocycles. The van der Waals surface area contributed by atoms with E-state index in [4.69, 9.17) is 9.72 Å². The maximum atomic E-state index is 13.2. The van der Waals surface area contributed by atoms with Gasteiger partial charge in [0.25, 0.3) is 5.56 Å². The number of aryl methyl sites for hydroxylation is 1. The predicted molar refractivity (Wildman–Crippen MR) is 115 cm³/mol. The quantitative estimate of drug-likeness (QED) is 0.470. The Kier molecular flexibility index (Phi) is 5.56. The molecule has 0 saturated carbocycles. The van der Waals surface area contributed by atoms with Crippen LogP contribution in [-0.4, -0.2) is 35.9 Å². The molecule has 0 atom stereocenters. The summed E-state index contributed by atoms with van der Waals surface area (Å²) in [7, 11) is 1.71. The summed E-state index contributed by atoms with van der Waals surface area (Å²) in [6.07, 6.45) is 7.33. The first kappa shape index (κ1) is 19.8. The van der Waals surface area contributed by atoms with Gasteiger partial charge in [-0.05, 0) is 25.0 Å². The lowest BCUT2D eigenvalue weighted by Gasteiger charge is -2.13. The van der Waals surface area contributed by atoms with Crippen LogP contribution >= 0.6 is 0 Å². The van der Waals surface area contributed by atoms with Crippen molar-refractivity contribution in [1.29, 1.82) is 0 Å². The molecule has 0 spiro atoms. The van der Waals surface area contributed by atoms with E-state index < -0.39 is 0 Å². The van der Waals surface area contributed by atoms with Gasteiger partial charge in [-0.25, -0.2) is 19.6 Å². The second-order valence-electron chi connectivity index (χ2n) is 7.05. The number of rotatable bonds is 7. The van der Waals surface area contributed by atoms with E-state index in [0.717, 1.165) is 30.5 Å². The second-order valence-corrected chi connectivity index (χ2v) is 7.05. The summed E-state index contributed by atoms with van der Waals surface area (Å²) in [6.45, 7) is 4.74. The summed E-state index contributed by atoms with van der Waals surface area (Å²) >= 11 is 0. The van der Waals surface area contributed by atoms with Gasteiger partial charge < -0.3 is 4.74 Å². The summed E-state index contributed by atoms with van der Waals surface area (Å²) < 4.78 is 9.17. The molecule has 154 valence electrons. The molecule has 0 aliphatic rings. The summed E-state index contributed by atoms with van der Waals surface area (Å²) in [5.41, 5.74) is 3.09. The van der Waals surface area contributed by atoms with Gasteiger partial charge in [0.2, 0.25) is 0 Å². The molecular formula is C22H24N6O2. The molecular weight excluding hydrogens is 380 g/mol. The van der Waals surface area contributed by atoms with Gasteiger partial charge in [0.15, 0.2) is 5.52 Å². The molecule has 3 aromatic heterocycles. The first-order valence-corrected chi connectivity index (χ1v) is 10.1. The van der Waals surface area contributed by atoms with Crippen molar-refractivity contribution in [1.82, 2.24) is 29.3 Å². The summed E-state index contributed by atoms with van der Waals surface area (Å²) in [5, 5.41) is 4.58. The number of hydrogen-bond donors (Lipinski definition) is 0. The normalized spacial score (nSPS) is 11.2. The minimum Gasteiger partial charge on any atom is -0.493 e. The molecule has 0 N–H and O–H groups in total. The zero-order valence-corrected chi connectivity index (χ0v) is 17.4. The lowest BCUT2D eigenvalue weighted by molar-refractivity contribution is 0.318. The molecule has 4 aromatic rings. The second kappa shape index (κ2) is 8.44. The van der Waals surface area contributed by atoms with Crippen LogP contribution in [0.15, 0.2) is 47.8 Å². The Morgan fingerprint density at radius 1 is 1.03 bits per heavy atom. The number of nitrogens with zero attached hydrogens (tertiary/aromatic N) is 6. The highest BCUT2D eigenvalue weighted by molar-refractivity contribution is 5.80. The fraction of sp³-hybridized carbons (Fsp3) is 0.318. The monoisotopic (exact) mass is 404 g/mol. The van der Waals surface area contributed by atoms with Crippen molar-refractivity contribution in [3.63, 3.8) is 0 Å². The Balaban J connectivity index is 1.98. The molecule has 0 aliphatic carbocycles. The van der Waals surface area contributed by atoms with E-state index in [-0.39, 0.29) is 5.56 Å². The van der Waals surface area contributed by atoms with E-state index in [1.807, 2.05) is 24.3 Å². The van der Waals surface area contributed by atoms with Crippen LogP contribution in [0.3, 0.4) is 0 Å². The van der Waals surface area contributed by atoms with Gasteiger partial charge in [0, 0.05) is 7.05 Å². The molecule has 8 heteroatoms. The van der Waals surface area contributed by atoms with Crippen LogP contribution in [-0.2, 0) is 13.5 Å². The van der Waals surface area contributed by atoms with Gasteiger partial charge in [0.1, 0.15) is 29.1 Å². The van der Waals surface area contributed by atoms with Gasteiger partial charge in [-0.1, -0.05) is 32.4 Å². The smallest absolute Gasteiger partial charge is 0.281 e. The van der Waals surface area contributed by atoms with Crippen molar-refractivity contribution < 1.29 is 4.74 Å². The highest BCUT2D eigenvalue weighted by Crippen LogP contribution is 2.29. The molecule has 3 heterocycles. The van der Waals surface area contributed by atoms with Crippen molar-refractivity contribution in [3.8, 4) is 22.8 Å². The highest BCUT2D eigenvalue weighted by atomic mass is 16.5. The van der Waals surface area contributed by atoms with Crippen LogP contribution in [0.5, 0.6) is 5.75 Å². The molecule has 0 saturated heterocycles. The van der Waals surface area contributed by atoms with E-state index >= 15 is 0 Å². The van der Waals surface area contributed by atoms with Gasteiger partial charge in [-0.2, -0.15) is 5.10 Å². The molecule has 30 heavy (non-hydrogen) atoms. The third-order valence-electron chi connectivity index (χ3n) is 4.86. The summed E-state index contributed by atoms with van der Waals surface area (Å²) in [5.74, 6) is 1.27. The Bertz CT molecular complexity index is 1230. The molecule has 0 radical (unpaired) electrons. The molecule has 0 bridgehead atoms. The number of para-hydroxylation sites is 1. The Morgan fingerprint density at radius 3 is 2.53 bits per heavy atom. The van der Waals surface area contributed by atoms with Crippen molar-refractivity contribution in [2.75, 3.05) is 6.61 Å². The standard InChI is InChI=1S/C22H24N6O2/c1-4-8-17-19-20(26-28(17)15-12-23-14-24-13-15)22(29)27(3)21(25-19)16-9-6-7-10-18(16)30-11-5-2/h6-7,9-10,12-14H,4-5,8,11H2,1-3H3. The minimum atomic E-state index is -0.201. The van der Waals surface area contributed by atoms with Gasteiger partial charge in [-0.15, -0.1) is 0 Å². The molecule has 0 amide bonds. The summed E-state index contributed by atoms with van der Waals surface area (Å²) in [6, 6.07) is 7.66. The maximum Gasteiger partial charge on any atom is 0.281 e. The van der Waals surface area contributed by atoms with Gasteiger partial charge in [0.05, 0.1) is 30.3 Å². The maximum absolute atomic E-state index is 13.2. The largest absolute Gasteiger partial charge is 0.493 e. The van der Waals surface area contributed by atoms with Crippen LogP contribution < -0.4 is 10.3 Å². The van der Waals surface area contributed by atoms with Crippen LogP contribution in [0.2, 0.25) is 0 Å². The average Bonchev–Trinajstić information content (AvgIpc) is 3.14. The number of benzene rings is 1. The Labute approximate surface area is 174 Å². The number of hydrogen-bond acceptors (Lipinski definition) is 6. The van der Waals surface area contributed by atoms with E-state index in [9.17, 15) is 4.79 Å². The van der Waals surface area contributed by atoms with E-state index in [0.29, 0.717) is 34.9 Å². The minimum absolute atomic E-state index is 0.201. The fourth-order valence-corrected chi connectivity index (χ4v) is 3.45. The van der Waals surface area contributed by atoms with Crippen molar-refractivity contribution in [2.45, 2.75) is 33.1 Å². The molecule has 8 nitrogen and oxygen atoms in total. The third-order valence-corrected chi connectivity index (χ3v) is 4.86. The van der Waals surface area contributed by atoms with Crippen LogP contribution in [0, 0.1) is 0 Å². The van der Waals surface area contributed by atoms with Crippen LogP contribution in [0.25, 0.3) is 28.1 Å². The number of aromatic nitrogens is 6. The van der Waals surface area contributed by atoms with Crippen molar-refractivity contribution >= 4 is 11.0 Å². The first-order chi connectivity index (χ1) is 14.7. The zero-order chi connectivity index (χ0) is 21.1. The SMILES string of the molecule is CCCOc1ccccc1-c1nc2c(CCC)n(-c3cncnc3)nc2c(=O)n1C. The first-order valence-electron chi connectivity index (χ1n) is 10.1. The van der Waals surface area contributed by atoms with E-state index in [1.54, 1.807) is 24.1 Å². The third kappa shape index (κ3) is 3.45. The Morgan fingerprint density at radius 2 is 1.80 bits per heavy atom. The Hall–Kier alpha value is -3.55. The molecule has 1 aromatic carbocycles. The highest BCUT2D eigenvalue weighted by Gasteiger charge is 2.21. The zero-order valence-electron chi connectivity index (χ0n) is 17.4. The lowest BCUT2D eigenvalue weighted by Crippen LogP contribution is -2.20. The topological polar surface area (TPSA) is 87.7 Å². The van der Waals surface area contributed by atoms with Crippen molar-refractivity contribution in [3.05, 3.63) is 59.0 Å². The fourth-order valence-electron chi connectivity index (χ4n) is 3.45. The number of ether oxygens (including phenoxy) is 1. The average molecular weight is 404 g/mol. The number of fused-ring (bicyclic) bond motifs is 1. The predicted octanol–water partition coefficient (Wildman–Crippen LogP) is 3.32. The van der Waals surface area contributed by atoms with Crippen molar-refractivity contribution in [2.24, 2.45) is 7.05 Å². The molecule has 0 unspecified atom stereocenters. The van der Waals surface area contributed by atoms with Crippen LogP contribution in [0.1, 0.15) is 32.4 Å². The lowest BCUT2D eigenvalue weighted by atomic mass is 10.1. The van der Waals surface area contributed by atoms with Crippen LogP contribution in [0.4, 0.5) is 0 Å². The van der Waals surface area contributed by atoms with Gasteiger partial charge >= 0.3 is 0 Å². The van der Waals surface area contributed by atoms with Gasteiger partial charge in [-0.3, -0.25) is 9.36 Å². The summed E-state index contributed by atoms with van der Waals surface area (Å²) in [4.78, 5) is 26.3. The van der Waals surface area contributed by atoms with E-state index in [1.165, 1.54) is 10.9 Å². The molecule has 0 fully saturated rings. The van der Waals surface area contributed by atoms with E-state index in [2.05, 4.69) is 28.9 Å². The molecule has 4 rings (SSSR count).